The summed E-state index contributed by atoms with van der Waals surface area (Å²) in [5.41, 5.74) is 7.93. The van der Waals surface area contributed by atoms with E-state index in [9.17, 15) is 0 Å². The third-order valence-electron chi connectivity index (χ3n) is 6.63. The summed E-state index contributed by atoms with van der Waals surface area (Å²) in [7, 11) is 0. The van der Waals surface area contributed by atoms with Crippen molar-refractivity contribution in [3.63, 3.8) is 0 Å². The number of piperidine rings is 1. The van der Waals surface area contributed by atoms with Crippen LogP contribution in [0.25, 0.3) is 0 Å². The lowest BCUT2D eigenvalue weighted by Gasteiger charge is -2.41. The van der Waals surface area contributed by atoms with Gasteiger partial charge in [0.2, 0.25) is 0 Å². The van der Waals surface area contributed by atoms with Gasteiger partial charge in [-0.05, 0) is 60.8 Å². The standard InChI is InChI=1S/C27H49N3O/c1-8-22(4)26(28)19-29-16-14-24(15-17-29)30(18-13-21(2)3)23-9-11-25(12-10-23)31-20-27(5,6)7/h9-12,21-22,24,26H,8,13-20,28H2,1-7H3. The molecule has 1 saturated heterocycles. The first-order chi connectivity index (χ1) is 14.6. The average Bonchev–Trinajstić information content (AvgIpc) is 2.73. The molecule has 0 radical (unpaired) electrons. The molecular formula is C27H49N3O. The molecule has 0 aromatic heterocycles. The molecule has 4 nitrogen and oxygen atoms in total. The molecule has 0 saturated carbocycles. The minimum atomic E-state index is 0.174. The number of nitrogens with zero attached hydrogens (tertiary/aromatic N) is 2. The van der Waals surface area contributed by atoms with Crippen LogP contribution in [-0.4, -0.2) is 49.8 Å². The Morgan fingerprint density at radius 3 is 2.23 bits per heavy atom. The summed E-state index contributed by atoms with van der Waals surface area (Å²) in [6.45, 7) is 21.0. The van der Waals surface area contributed by atoms with Gasteiger partial charge < -0.3 is 20.3 Å². The van der Waals surface area contributed by atoms with Crippen molar-refractivity contribution in [2.45, 2.75) is 86.2 Å². The second-order valence-corrected chi connectivity index (χ2v) is 11.3. The first-order valence-electron chi connectivity index (χ1n) is 12.6. The Kier molecular flexibility index (Phi) is 10.2. The maximum atomic E-state index is 6.43. The van der Waals surface area contributed by atoms with Crippen LogP contribution >= 0.6 is 0 Å². The Morgan fingerprint density at radius 1 is 1.10 bits per heavy atom. The first-order valence-corrected chi connectivity index (χ1v) is 12.6. The molecule has 1 heterocycles. The van der Waals surface area contributed by atoms with Gasteiger partial charge in [0.15, 0.2) is 0 Å². The van der Waals surface area contributed by atoms with Crippen molar-refractivity contribution < 1.29 is 4.74 Å². The van der Waals surface area contributed by atoms with E-state index in [1.807, 2.05) is 0 Å². The minimum Gasteiger partial charge on any atom is -0.493 e. The van der Waals surface area contributed by atoms with E-state index in [0.717, 1.165) is 45.0 Å². The van der Waals surface area contributed by atoms with Crippen molar-refractivity contribution >= 4 is 5.69 Å². The summed E-state index contributed by atoms with van der Waals surface area (Å²) >= 11 is 0. The van der Waals surface area contributed by atoms with Gasteiger partial charge in [0.1, 0.15) is 5.75 Å². The van der Waals surface area contributed by atoms with E-state index in [2.05, 4.69) is 82.5 Å². The molecule has 1 aromatic rings. The zero-order valence-corrected chi connectivity index (χ0v) is 21.4. The topological polar surface area (TPSA) is 41.7 Å². The lowest BCUT2D eigenvalue weighted by atomic mass is 9.97. The summed E-state index contributed by atoms with van der Waals surface area (Å²) in [6, 6.07) is 9.69. The second-order valence-electron chi connectivity index (χ2n) is 11.3. The fourth-order valence-corrected chi connectivity index (χ4v) is 4.15. The number of anilines is 1. The predicted octanol–water partition coefficient (Wildman–Crippen LogP) is 5.80. The highest BCUT2D eigenvalue weighted by atomic mass is 16.5. The van der Waals surface area contributed by atoms with Gasteiger partial charge in [-0.2, -0.15) is 0 Å². The van der Waals surface area contributed by atoms with Gasteiger partial charge in [-0.1, -0.05) is 54.9 Å². The van der Waals surface area contributed by atoms with Crippen molar-refractivity contribution in [1.29, 1.82) is 0 Å². The maximum Gasteiger partial charge on any atom is 0.119 e. The summed E-state index contributed by atoms with van der Waals surface area (Å²) in [4.78, 5) is 5.23. The molecule has 31 heavy (non-hydrogen) atoms. The van der Waals surface area contributed by atoms with Crippen LogP contribution in [0, 0.1) is 17.3 Å². The van der Waals surface area contributed by atoms with Crippen LogP contribution in [0.2, 0.25) is 0 Å². The third-order valence-corrected chi connectivity index (χ3v) is 6.63. The Bertz CT molecular complexity index is 614. The van der Waals surface area contributed by atoms with E-state index in [1.54, 1.807) is 0 Å². The number of benzene rings is 1. The van der Waals surface area contributed by atoms with Crippen LogP contribution in [0.4, 0.5) is 5.69 Å². The molecule has 0 aliphatic carbocycles. The van der Waals surface area contributed by atoms with Crippen molar-refractivity contribution in [3.05, 3.63) is 24.3 Å². The van der Waals surface area contributed by atoms with Gasteiger partial charge in [-0.15, -0.1) is 0 Å². The molecule has 2 atom stereocenters. The SMILES string of the molecule is CCC(C)C(N)CN1CCC(N(CCC(C)C)c2ccc(OCC(C)(C)C)cc2)CC1. The van der Waals surface area contributed by atoms with E-state index < -0.39 is 0 Å². The smallest absolute Gasteiger partial charge is 0.119 e. The molecule has 178 valence electrons. The second kappa shape index (κ2) is 12.1. The summed E-state index contributed by atoms with van der Waals surface area (Å²) in [5, 5.41) is 0. The zero-order valence-electron chi connectivity index (χ0n) is 21.4. The van der Waals surface area contributed by atoms with Gasteiger partial charge in [-0.3, -0.25) is 0 Å². The van der Waals surface area contributed by atoms with E-state index >= 15 is 0 Å². The minimum absolute atomic E-state index is 0.174. The number of hydrogen-bond donors (Lipinski definition) is 1. The fourth-order valence-electron chi connectivity index (χ4n) is 4.15. The van der Waals surface area contributed by atoms with Gasteiger partial charge >= 0.3 is 0 Å². The van der Waals surface area contributed by atoms with Crippen LogP contribution in [0.5, 0.6) is 5.75 Å². The van der Waals surface area contributed by atoms with Gasteiger partial charge in [-0.25, -0.2) is 0 Å². The molecule has 1 aromatic carbocycles. The molecular weight excluding hydrogens is 382 g/mol. The number of ether oxygens (including phenoxy) is 1. The molecule has 2 N–H and O–H groups in total. The number of nitrogens with two attached hydrogens (primary N) is 1. The van der Waals surface area contributed by atoms with Crippen LogP contribution in [-0.2, 0) is 0 Å². The third kappa shape index (κ3) is 9.02. The van der Waals surface area contributed by atoms with Gasteiger partial charge in [0, 0.05) is 44.0 Å². The largest absolute Gasteiger partial charge is 0.493 e. The average molecular weight is 432 g/mol. The van der Waals surface area contributed by atoms with Crippen molar-refractivity contribution in [2.75, 3.05) is 37.7 Å². The summed E-state index contributed by atoms with van der Waals surface area (Å²) in [5.74, 6) is 2.28. The Balaban J connectivity index is 1.99. The molecule has 0 spiro atoms. The van der Waals surface area contributed by atoms with E-state index in [0.29, 0.717) is 23.9 Å². The van der Waals surface area contributed by atoms with Gasteiger partial charge in [0.05, 0.1) is 6.61 Å². The van der Waals surface area contributed by atoms with Crippen LogP contribution in [0.15, 0.2) is 24.3 Å². The molecule has 4 heteroatoms. The molecule has 2 unspecified atom stereocenters. The molecule has 1 fully saturated rings. The molecule has 2 rings (SSSR count). The predicted molar refractivity (Wildman–Crippen MR) is 135 cm³/mol. The quantitative estimate of drug-likeness (QED) is 0.481. The molecule has 0 amide bonds. The van der Waals surface area contributed by atoms with Crippen molar-refractivity contribution in [3.8, 4) is 5.75 Å². The highest BCUT2D eigenvalue weighted by Gasteiger charge is 2.26. The van der Waals surface area contributed by atoms with E-state index in [4.69, 9.17) is 10.5 Å². The van der Waals surface area contributed by atoms with Crippen molar-refractivity contribution in [1.82, 2.24) is 4.90 Å². The number of hydrogen-bond acceptors (Lipinski definition) is 4. The van der Waals surface area contributed by atoms with E-state index in [-0.39, 0.29) is 5.41 Å². The zero-order chi connectivity index (χ0) is 23.0. The Morgan fingerprint density at radius 2 is 1.71 bits per heavy atom. The summed E-state index contributed by atoms with van der Waals surface area (Å²) < 4.78 is 5.99. The Hall–Kier alpha value is -1.26. The molecule has 1 aliphatic heterocycles. The van der Waals surface area contributed by atoms with Crippen LogP contribution in [0.1, 0.15) is 74.1 Å². The molecule has 1 aliphatic rings. The van der Waals surface area contributed by atoms with Crippen molar-refractivity contribution in [2.24, 2.45) is 23.0 Å². The Labute approximate surface area is 192 Å². The lowest BCUT2D eigenvalue weighted by molar-refractivity contribution is 0.183. The van der Waals surface area contributed by atoms with Crippen LogP contribution in [0.3, 0.4) is 0 Å². The lowest BCUT2D eigenvalue weighted by Crippen LogP contribution is -2.49. The summed E-state index contributed by atoms with van der Waals surface area (Å²) in [6.07, 6.45) is 4.82. The first kappa shape index (κ1) is 26.0. The number of rotatable bonds is 11. The van der Waals surface area contributed by atoms with Gasteiger partial charge in [0.25, 0.3) is 0 Å². The highest BCUT2D eigenvalue weighted by Crippen LogP contribution is 2.28. The number of likely N-dealkylation sites (tertiary alicyclic amines) is 1. The molecule has 0 bridgehead atoms. The maximum absolute atomic E-state index is 6.43. The normalized spacial score (nSPS) is 18.2. The monoisotopic (exact) mass is 431 g/mol. The van der Waals surface area contributed by atoms with E-state index in [1.165, 1.54) is 24.9 Å². The highest BCUT2D eigenvalue weighted by molar-refractivity contribution is 5.50. The fraction of sp³-hybridized carbons (Fsp3) is 0.778. The van der Waals surface area contributed by atoms with Crippen LogP contribution < -0.4 is 15.4 Å².